The molecule has 7 heteroatoms. The summed E-state index contributed by atoms with van der Waals surface area (Å²) in [6.07, 6.45) is 0. The second-order valence-electron chi connectivity index (χ2n) is 11.3. The fraction of sp³-hybridized carbons (Fsp3) is 0. The van der Waals surface area contributed by atoms with Crippen LogP contribution in [0.1, 0.15) is 5.56 Å². The van der Waals surface area contributed by atoms with Gasteiger partial charge in [0.15, 0.2) is 22.3 Å². The van der Waals surface area contributed by atoms with Crippen molar-refractivity contribution in [2.24, 2.45) is 0 Å². The fourth-order valence-electron chi connectivity index (χ4n) is 7.15. The van der Waals surface area contributed by atoms with Crippen LogP contribution in [0, 0.1) is 3.57 Å². The number of hydrogen-bond acceptors (Lipinski definition) is 4. The number of aromatic nitrogens is 2. The van der Waals surface area contributed by atoms with Crippen LogP contribution >= 0.6 is 43.9 Å². The molecule has 0 fully saturated rings. The first-order chi connectivity index (χ1) is 21.6. The van der Waals surface area contributed by atoms with E-state index in [-0.39, 0.29) is 20.7 Å². The Morgan fingerprint density at radius 1 is 0.523 bits per heavy atom. The Kier molecular flexibility index (Phi) is 4.51. The van der Waals surface area contributed by atoms with Crippen LogP contribution in [0.3, 0.4) is 0 Å². The molecule has 3 heterocycles. The lowest BCUT2D eigenvalue weighted by Crippen LogP contribution is -1.96. The first-order valence-electron chi connectivity index (χ1n) is 14.2. The zero-order valence-corrected chi connectivity index (χ0v) is 26.2. The van der Waals surface area contributed by atoms with Crippen molar-refractivity contribution < 1.29 is 8.83 Å². The molecule has 0 spiro atoms. The predicted molar refractivity (Wildman–Crippen MR) is 192 cm³/mol. The first kappa shape index (κ1) is 24.1. The third kappa shape index (κ3) is 2.93. The lowest BCUT2D eigenvalue weighted by atomic mass is 9.93. The lowest BCUT2D eigenvalue weighted by molar-refractivity contribution is 0.649. The molecule has 2 aromatic heterocycles. The van der Waals surface area contributed by atoms with E-state index >= 15 is 0 Å². The average molecular weight is 717 g/mol. The number of fused-ring (bicyclic) bond motifs is 6. The fourth-order valence-corrected chi connectivity index (χ4v) is 10.1. The highest BCUT2D eigenvalue weighted by molar-refractivity contribution is 14.2. The van der Waals surface area contributed by atoms with Gasteiger partial charge in [-0.05, 0) is 60.1 Å². The van der Waals surface area contributed by atoms with E-state index < -0.39 is 0 Å². The van der Waals surface area contributed by atoms with E-state index in [1.165, 1.54) is 41.5 Å². The van der Waals surface area contributed by atoms with E-state index in [9.17, 15) is 0 Å². The summed E-state index contributed by atoms with van der Waals surface area (Å²) in [5.41, 5.74) is 5.64. The molecule has 44 heavy (non-hydrogen) atoms. The smallest absolute Gasteiger partial charge is 0.175 e. The van der Waals surface area contributed by atoms with Gasteiger partial charge in [-0.3, -0.25) is 0 Å². The van der Waals surface area contributed by atoms with Gasteiger partial charge in [-0.2, -0.15) is 0 Å². The van der Waals surface area contributed by atoms with E-state index in [0.29, 0.717) is 43.4 Å². The summed E-state index contributed by atoms with van der Waals surface area (Å²) in [7, 11) is 0. The van der Waals surface area contributed by atoms with Gasteiger partial charge in [0.05, 0.1) is 0 Å². The van der Waals surface area contributed by atoms with Crippen LogP contribution in [0.5, 0.6) is 0 Å². The highest BCUT2D eigenvalue weighted by Gasteiger charge is 2.23. The average Bonchev–Trinajstić information content (AvgIpc) is 3.06. The van der Waals surface area contributed by atoms with E-state index in [0.717, 1.165) is 32.6 Å². The molecular weight excluding hydrogens is 702 g/mol. The van der Waals surface area contributed by atoms with E-state index in [4.69, 9.17) is 42.0 Å². The standard InChI is InChI=1S/C37H15Cl2IN2O2/c38-30-35-37(44-25-14-20-15-40-23-6-2-5-18-10-12-22(33(25)42-35)28(20)29(18)23)31(39)34-36(30)43-24-13-19-8-7-16-3-1-4-17-9-11-21(32(24)41-34)27(19)26(16)17/h1-15H. The molecule has 0 saturated heterocycles. The van der Waals surface area contributed by atoms with Crippen LogP contribution in [0.2, 0.25) is 10.0 Å². The molecule has 1 aliphatic rings. The number of benzene rings is 8. The van der Waals surface area contributed by atoms with Crippen molar-refractivity contribution in [1.29, 1.82) is 0 Å². The summed E-state index contributed by atoms with van der Waals surface area (Å²) in [5.74, 6) is 0. The minimum Gasteiger partial charge on any atom is -0.451 e. The Morgan fingerprint density at radius 3 is 1.80 bits per heavy atom. The van der Waals surface area contributed by atoms with Gasteiger partial charge < -0.3 is 8.83 Å². The third-order valence-electron chi connectivity index (χ3n) is 9.05. The van der Waals surface area contributed by atoms with E-state index in [1.807, 2.05) is 6.07 Å². The Morgan fingerprint density at radius 2 is 1.09 bits per heavy atom. The van der Waals surface area contributed by atoms with Crippen molar-refractivity contribution in [3.63, 3.8) is 0 Å². The van der Waals surface area contributed by atoms with E-state index in [1.54, 1.807) is 0 Å². The molecule has 8 aromatic carbocycles. The second kappa shape index (κ2) is 8.24. The quantitative estimate of drug-likeness (QED) is 0.0890. The largest absolute Gasteiger partial charge is 0.451 e. The molecule has 0 atom stereocenters. The molecular formula is C37H15Cl2IN2O2. The van der Waals surface area contributed by atoms with Crippen LogP contribution in [0.25, 0.3) is 98.3 Å². The maximum Gasteiger partial charge on any atom is 0.175 e. The predicted octanol–water partition coefficient (Wildman–Crippen LogP) is 11.7. The topological polar surface area (TPSA) is 52.1 Å². The van der Waals surface area contributed by atoms with Crippen molar-refractivity contribution in [1.82, 2.24) is 9.97 Å². The van der Waals surface area contributed by atoms with Crippen molar-refractivity contribution in [2.75, 3.05) is 0 Å². The zero-order chi connectivity index (χ0) is 28.8. The number of rotatable bonds is 0. The number of halogens is 3. The highest BCUT2D eigenvalue weighted by atomic mass is 127. The van der Waals surface area contributed by atoms with Crippen LogP contribution in [-0.4, -0.2) is 14.0 Å². The first-order valence-corrected chi connectivity index (χ1v) is 17.2. The number of hydrogen-bond donors (Lipinski definition) is 0. The highest BCUT2D eigenvalue weighted by Crippen LogP contribution is 2.45. The monoisotopic (exact) mass is 716 g/mol. The minimum atomic E-state index is -0.256. The normalized spacial score (nSPS) is 13.3. The second-order valence-corrected chi connectivity index (χ2v) is 14.5. The molecule has 0 unspecified atom stereocenters. The van der Waals surface area contributed by atoms with Crippen molar-refractivity contribution in [3.8, 4) is 0 Å². The minimum absolute atomic E-state index is 0.256. The van der Waals surface area contributed by atoms with E-state index in [2.05, 4.69) is 82.9 Å². The summed E-state index contributed by atoms with van der Waals surface area (Å²) >= 11 is 14.0. The van der Waals surface area contributed by atoms with Gasteiger partial charge >= 0.3 is 0 Å². The van der Waals surface area contributed by atoms with Crippen LogP contribution in [0.4, 0.5) is 0 Å². The number of nitrogens with zero attached hydrogens (tertiary/aromatic N) is 2. The van der Waals surface area contributed by atoms with Crippen LogP contribution < -0.4 is 0 Å². The molecule has 0 aliphatic carbocycles. The molecule has 0 radical (unpaired) electrons. The Bertz CT molecular complexity index is 3010. The van der Waals surface area contributed by atoms with Gasteiger partial charge in [0, 0.05) is 25.1 Å². The van der Waals surface area contributed by atoms with Gasteiger partial charge in [-0.25, -0.2) is 9.97 Å². The van der Waals surface area contributed by atoms with Gasteiger partial charge in [0.2, 0.25) is 0 Å². The maximum atomic E-state index is 7.11. The van der Waals surface area contributed by atoms with Gasteiger partial charge in [-0.15, -0.1) is 0 Å². The van der Waals surface area contributed by atoms with Crippen molar-refractivity contribution in [3.05, 3.63) is 104 Å². The van der Waals surface area contributed by atoms with Gasteiger partial charge in [0.1, 0.15) is 32.1 Å². The lowest BCUT2D eigenvalue weighted by Gasteiger charge is -2.16. The summed E-state index contributed by atoms with van der Waals surface area (Å²) in [6.45, 7) is 0. The maximum absolute atomic E-state index is 7.11. The molecule has 0 saturated carbocycles. The molecule has 10 aromatic rings. The SMILES string of the molecule is Clc1c2nc3c(cc4ccc5cccc6ccc3c4c56)oc2c(Cl)c2nc3c(cc4c5c3ccc3cccc(c35)I=C4)oc12. The van der Waals surface area contributed by atoms with Crippen LogP contribution in [-0.2, 0) is 0 Å². The molecule has 4 nitrogen and oxygen atoms in total. The van der Waals surface area contributed by atoms with Crippen molar-refractivity contribution >= 4 is 146 Å². The zero-order valence-electron chi connectivity index (χ0n) is 22.5. The molecule has 206 valence electrons. The van der Waals surface area contributed by atoms with Crippen molar-refractivity contribution in [2.45, 2.75) is 0 Å². The Labute approximate surface area is 267 Å². The summed E-state index contributed by atoms with van der Waals surface area (Å²) in [6, 6.07) is 29.9. The molecule has 1 aliphatic heterocycles. The van der Waals surface area contributed by atoms with Gasteiger partial charge in [0.25, 0.3) is 0 Å². The Balaban J connectivity index is 1.28. The summed E-state index contributed by atoms with van der Waals surface area (Å²) in [5, 5.41) is 12.3. The summed E-state index contributed by atoms with van der Waals surface area (Å²) in [4.78, 5) is 10.2. The van der Waals surface area contributed by atoms with Gasteiger partial charge in [-0.1, -0.05) is 111 Å². The Hall–Kier alpha value is -4.30. The molecule has 0 bridgehead atoms. The molecule has 0 N–H and O–H groups in total. The molecule has 0 amide bonds. The summed E-state index contributed by atoms with van der Waals surface area (Å²) < 4.78 is 16.9. The molecule has 11 rings (SSSR count). The third-order valence-corrected chi connectivity index (χ3v) is 12.3. The van der Waals surface area contributed by atoms with Crippen LogP contribution in [0.15, 0.2) is 93.8 Å².